The Balaban J connectivity index is 1.54. The van der Waals surface area contributed by atoms with Crippen molar-refractivity contribution < 1.29 is 19.2 Å². The van der Waals surface area contributed by atoms with Crippen molar-refractivity contribution in [3.05, 3.63) is 94.0 Å². The fourth-order valence-corrected chi connectivity index (χ4v) is 2.63. The van der Waals surface area contributed by atoms with Crippen molar-refractivity contribution in [2.75, 3.05) is 18.5 Å². The van der Waals surface area contributed by atoms with Crippen molar-refractivity contribution in [3.63, 3.8) is 0 Å². The summed E-state index contributed by atoms with van der Waals surface area (Å²) in [7, 11) is 0. The highest BCUT2D eigenvalue weighted by Gasteiger charge is 2.16. The predicted octanol–water partition coefficient (Wildman–Crippen LogP) is 4.61. The monoisotopic (exact) mass is 392 g/mol. The van der Waals surface area contributed by atoms with Gasteiger partial charge in [0.1, 0.15) is 30.4 Å². The molecule has 0 unspecified atom stereocenters. The van der Waals surface area contributed by atoms with Crippen molar-refractivity contribution in [1.29, 1.82) is 0 Å². The normalized spacial score (nSPS) is 10.2. The summed E-state index contributed by atoms with van der Waals surface area (Å²) in [4.78, 5) is 23.1. The lowest BCUT2D eigenvalue weighted by Gasteiger charge is -2.09. The molecule has 0 atom stereocenters. The lowest BCUT2D eigenvalue weighted by atomic mass is 10.1. The van der Waals surface area contributed by atoms with Gasteiger partial charge in [0, 0.05) is 11.6 Å². The van der Waals surface area contributed by atoms with Crippen LogP contribution < -0.4 is 14.8 Å². The van der Waals surface area contributed by atoms with Gasteiger partial charge in [0.25, 0.3) is 11.6 Å². The number of nitrogens with one attached hydrogen (secondary N) is 1. The standard InChI is InChI=1S/C22H20N2O5/c1-16-7-12-20(21(15-16)24(26)27)23-22(25)17-8-10-19(11-9-17)29-14-13-28-18-5-3-2-4-6-18/h2-12,15H,13-14H2,1H3,(H,23,25). The van der Waals surface area contributed by atoms with E-state index in [-0.39, 0.29) is 11.4 Å². The number of hydrogen-bond acceptors (Lipinski definition) is 5. The molecule has 148 valence electrons. The Bertz CT molecular complexity index is 988. The van der Waals surface area contributed by atoms with E-state index < -0.39 is 10.8 Å². The quantitative estimate of drug-likeness (QED) is 0.343. The number of carbonyl (C=O) groups is 1. The number of aryl methyl sites for hydroxylation is 1. The number of benzene rings is 3. The number of hydrogen-bond donors (Lipinski definition) is 1. The molecule has 0 aromatic heterocycles. The van der Waals surface area contributed by atoms with Crippen molar-refractivity contribution in [1.82, 2.24) is 0 Å². The van der Waals surface area contributed by atoms with Gasteiger partial charge in [-0.3, -0.25) is 14.9 Å². The topological polar surface area (TPSA) is 90.7 Å². The molecule has 1 amide bonds. The van der Waals surface area contributed by atoms with Gasteiger partial charge in [-0.05, 0) is 55.0 Å². The Morgan fingerprint density at radius 3 is 2.17 bits per heavy atom. The lowest BCUT2D eigenvalue weighted by Crippen LogP contribution is -2.13. The summed E-state index contributed by atoms with van der Waals surface area (Å²) in [6.45, 7) is 2.50. The highest BCUT2D eigenvalue weighted by Crippen LogP contribution is 2.26. The molecule has 0 aliphatic heterocycles. The molecule has 3 aromatic rings. The van der Waals surface area contributed by atoms with Gasteiger partial charge in [-0.1, -0.05) is 24.3 Å². The van der Waals surface area contributed by atoms with Crippen LogP contribution in [-0.4, -0.2) is 24.0 Å². The summed E-state index contributed by atoms with van der Waals surface area (Å²) in [5, 5.41) is 13.8. The SMILES string of the molecule is Cc1ccc(NC(=O)c2ccc(OCCOc3ccccc3)cc2)c([N+](=O)[O-])c1. The molecule has 0 saturated heterocycles. The fourth-order valence-electron chi connectivity index (χ4n) is 2.63. The van der Waals surface area contributed by atoms with Gasteiger partial charge in [-0.25, -0.2) is 0 Å². The highest BCUT2D eigenvalue weighted by molar-refractivity contribution is 6.05. The zero-order valence-corrected chi connectivity index (χ0v) is 15.8. The second kappa shape index (κ2) is 9.36. The predicted molar refractivity (Wildman–Crippen MR) is 110 cm³/mol. The van der Waals surface area contributed by atoms with Gasteiger partial charge in [0.15, 0.2) is 0 Å². The minimum atomic E-state index is -0.517. The van der Waals surface area contributed by atoms with Gasteiger partial charge in [0.05, 0.1) is 4.92 Å². The lowest BCUT2D eigenvalue weighted by molar-refractivity contribution is -0.384. The van der Waals surface area contributed by atoms with Crippen LogP contribution in [-0.2, 0) is 0 Å². The van der Waals surface area contributed by atoms with E-state index >= 15 is 0 Å². The highest BCUT2D eigenvalue weighted by atomic mass is 16.6. The zero-order valence-electron chi connectivity index (χ0n) is 15.8. The molecule has 0 spiro atoms. The van der Waals surface area contributed by atoms with Gasteiger partial charge >= 0.3 is 0 Å². The molecule has 29 heavy (non-hydrogen) atoms. The summed E-state index contributed by atoms with van der Waals surface area (Å²) in [6, 6.07) is 20.6. The molecule has 3 rings (SSSR count). The second-order valence-corrected chi connectivity index (χ2v) is 6.27. The number of nitro groups is 1. The molecule has 7 heteroatoms. The van der Waals surface area contributed by atoms with Crippen LogP contribution in [0, 0.1) is 17.0 Å². The third-order valence-electron chi connectivity index (χ3n) is 4.08. The molecule has 3 aromatic carbocycles. The third kappa shape index (κ3) is 5.55. The van der Waals surface area contributed by atoms with Crippen molar-refractivity contribution in [2.24, 2.45) is 0 Å². The van der Waals surface area contributed by atoms with E-state index in [2.05, 4.69) is 5.32 Å². The van der Waals surface area contributed by atoms with E-state index in [1.807, 2.05) is 30.3 Å². The van der Waals surface area contributed by atoms with Gasteiger partial charge in [0.2, 0.25) is 0 Å². The Morgan fingerprint density at radius 2 is 1.55 bits per heavy atom. The second-order valence-electron chi connectivity index (χ2n) is 6.27. The zero-order chi connectivity index (χ0) is 20.6. The number of amides is 1. The summed E-state index contributed by atoms with van der Waals surface area (Å²) in [6.07, 6.45) is 0. The van der Waals surface area contributed by atoms with Crippen LogP contribution in [0.3, 0.4) is 0 Å². The van der Waals surface area contributed by atoms with Gasteiger partial charge in [-0.15, -0.1) is 0 Å². The van der Waals surface area contributed by atoms with Crippen LogP contribution in [0.4, 0.5) is 11.4 Å². The first-order chi connectivity index (χ1) is 14.0. The minimum absolute atomic E-state index is 0.142. The van der Waals surface area contributed by atoms with Crippen molar-refractivity contribution in [3.8, 4) is 11.5 Å². The molecule has 0 heterocycles. The Hall–Kier alpha value is -3.87. The maximum Gasteiger partial charge on any atom is 0.293 e. The summed E-state index contributed by atoms with van der Waals surface area (Å²) in [5.74, 6) is 0.934. The molecule has 7 nitrogen and oxygen atoms in total. The minimum Gasteiger partial charge on any atom is -0.490 e. The molecule has 0 saturated carbocycles. The molecule has 0 fully saturated rings. The summed E-state index contributed by atoms with van der Waals surface area (Å²) < 4.78 is 11.1. The molecular formula is C22H20N2O5. The summed E-state index contributed by atoms with van der Waals surface area (Å²) in [5.41, 5.74) is 1.13. The van der Waals surface area contributed by atoms with E-state index in [0.29, 0.717) is 24.5 Å². The van der Waals surface area contributed by atoms with Crippen molar-refractivity contribution in [2.45, 2.75) is 6.92 Å². The number of ether oxygens (including phenoxy) is 2. The van der Waals surface area contributed by atoms with Crippen LogP contribution in [0.1, 0.15) is 15.9 Å². The van der Waals surface area contributed by atoms with Crippen LogP contribution >= 0.6 is 0 Å². The van der Waals surface area contributed by atoms with E-state index in [9.17, 15) is 14.9 Å². The van der Waals surface area contributed by atoms with Gasteiger partial charge in [-0.2, -0.15) is 0 Å². The average Bonchev–Trinajstić information content (AvgIpc) is 2.73. The first-order valence-electron chi connectivity index (χ1n) is 9.00. The van der Waals surface area contributed by atoms with Gasteiger partial charge < -0.3 is 14.8 Å². The molecule has 0 bridgehead atoms. The molecular weight excluding hydrogens is 372 g/mol. The maximum atomic E-state index is 12.4. The number of rotatable bonds is 8. The number of carbonyl (C=O) groups excluding carboxylic acids is 1. The molecule has 0 aliphatic rings. The number of nitro benzene ring substituents is 1. The Morgan fingerprint density at radius 1 is 0.931 bits per heavy atom. The van der Waals surface area contributed by atoms with E-state index in [4.69, 9.17) is 9.47 Å². The maximum absolute atomic E-state index is 12.4. The van der Waals surface area contributed by atoms with E-state index in [1.54, 1.807) is 37.3 Å². The van der Waals surface area contributed by atoms with Crippen LogP contribution in [0.5, 0.6) is 11.5 Å². The summed E-state index contributed by atoms with van der Waals surface area (Å²) >= 11 is 0. The van der Waals surface area contributed by atoms with E-state index in [1.165, 1.54) is 12.1 Å². The first kappa shape index (κ1) is 19.9. The Labute approximate surface area is 168 Å². The van der Waals surface area contributed by atoms with Crippen molar-refractivity contribution >= 4 is 17.3 Å². The molecule has 0 aliphatic carbocycles. The van der Waals surface area contributed by atoms with Crippen LogP contribution in [0.15, 0.2) is 72.8 Å². The average molecular weight is 392 g/mol. The molecule has 0 radical (unpaired) electrons. The smallest absolute Gasteiger partial charge is 0.293 e. The number of nitrogens with zero attached hydrogens (tertiary/aromatic N) is 1. The third-order valence-corrected chi connectivity index (χ3v) is 4.08. The fraction of sp³-hybridized carbons (Fsp3) is 0.136. The van der Waals surface area contributed by atoms with E-state index in [0.717, 1.165) is 11.3 Å². The van der Waals surface area contributed by atoms with Crippen LogP contribution in [0.25, 0.3) is 0 Å². The first-order valence-corrected chi connectivity index (χ1v) is 9.00. The van der Waals surface area contributed by atoms with Crippen LogP contribution in [0.2, 0.25) is 0 Å². The number of anilines is 1. The largest absolute Gasteiger partial charge is 0.490 e. The number of para-hydroxylation sites is 1. The molecule has 1 N–H and O–H groups in total. The Kier molecular flexibility index (Phi) is 6.42.